The highest BCUT2D eigenvalue weighted by Gasteiger charge is 2.78. The Morgan fingerprint density at radius 2 is 1.95 bits per heavy atom. The lowest BCUT2D eigenvalue weighted by Gasteiger charge is -2.37. The van der Waals surface area contributed by atoms with E-state index in [2.05, 4.69) is 13.2 Å². The van der Waals surface area contributed by atoms with Crippen molar-refractivity contribution < 1.29 is 24.2 Å². The summed E-state index contributed by atoms with van der Waals surface area (Å²) >= 11 is 6.57. The van der Waals surface area contributed by atoms with Crippen molar-refractivity contribution in [2.24, 2.45) is 11.8 Å². The number of ether oxygens (including phenoxy) is 1. The minimum absolute atomic E-state index is 0.0385. The third-order valence-electron chi connectivity index (χ3n) is 8.31. The molecular formula is C29H38ClN3O5. The van der Waals surface area contributed by atoms with Crippen LogP contribution in [0.3, 0.4) is 0 Å². The fourth-order valence-corrected chi connectivity index (χ4v) is 7.20. The quantitative estimate of drug-likeness (QED) is 0.432. The Hall–Kier alpha value is -2.68. The van der Waals surface area contributed by atoms with Crippen molar-refractivity contribution in [2.75, 3.05) is 37.7 Å². The Labute approximate surface area is 229 Å². The van der Waals surface area contributed by atoms with Gasteiger partial charge >= 0.3 is 0 Å². The number of hydrogen-bond acceptors (Lipinski definition) is 5. The van der Waals surface area contributed by atoms with E-state index in [0.717, 1.165) is 12.0 Å². The summed E-state index contributed by atoms with van der Waals surface area (Å²) in [4.78, 5) is 47.1. The van der Waals surface area contributed by atoms with Gasteiger partial charge in [0, 0.05) is 26.2 Å². The van der Waals surface area contributed by atoms with E-state index in [9.17, 15) is 19.5 Å². The number of benzene rings is 1. The van der Waals surface area contributed by atoms with E-state index in [0.29, 0.717) is 36.6 Å². The van der Waals surface area contributed by atoms with Crippen LogP contribution in [0, 0.1) is 18.8 Å². The van der Waals surface area contributed by atoms with Crippen LogP contribution in [-0.2, 0) is 19.1 Å². The molecule has 2 bridgehead atoms. The number of rotatable bonds is 11. The number of anilines is 1. The molecule has 8 nitrogen and oxygen atoms in total. The van der Waals surface area contributed by atoms with Crippen LogP contribution < -0.4 is 4.90 Å². The number of aliphatic hydroxyl groups excluding tert-OH is 1. The molecule has 2 unspecified atom stereocenters. The van der Waals surface area contributed by atoms with E-state index in [4.69, 9.17) is 16.3 Å². The summed E-state index contributed by atoms with van der Waals surface area (Å²) in [6, 6.07) is 4.39. The standard InChI is InChI=1S/C29H38ClN3O5/c1-6-14-31(15-7-2)25(35)21-22-26(36)33(17-18-34)24(29(22)13-12-28(21,5)38-29)27(37)32(16-8-3)23-19(4)10-9-11-20(23)30/h6,8-11,21-22,24,34H,1,3,7,12-18H2,2,4-5H3/t21-,22+,24?,28+,29?/m1/s1. The topological polar surface area (TPSA) is 90.4 Å². The second-order valence-corrected chi connectivity index (χ2v) is 11.1. The predicted octanol–water partition coefficient (Wildman–Crippen LogP) is 3.35. The Morgan fingerprint density at radius 3 is 2.55 bits per heavy atom. The molecule has 3 aliphatic rings. The number of para-hydroxylation sites is 1. The van der Waals surface area contributed by atoms with Crippen LogP contribution in [0.2, 0.25) is 5.02 Å². The summed E-state index contributed by atoms with van der Waals surface area (Å²) in [6.07, 6.45) is 5.06. The summed E-state index contributed by atoms with van der Waals surface area (Å²) in [7, 11) is 0. The number of likely N-dealkylation sites (tertiary alicyclic amines) is 1. The van der Waals surface area contributed by atoms with Crippen LogP contribution in [0.5, 0.6) is 0 Å². The molecule has 1 aromatic rings. The molecule has 0 aliphatic carbocycles. The van der Waals surface area contributed by atoms with Crippen molar-refractivity contribution in [1.82, 2.24) is 9.80 Å². The van der Waals surface area contributed by atoms with Gasteiger partial charge in [-0.15, -0.1) is 13.2 Å². The first kappa shape index (κ1) is 28.3. The molecule has 0 aromatic heterocycles. The van der Waals surface area contributed by atoms with E-state index in [1.807, 2.05) is 32.9 Å². The van der Waals surface area contributed by atoms with E-state index >= 15 is 0 Å². The van der Waals surface area contributed by atoms with Gasteiger partial charge in [0.05, 0.1) is 34.8 Å². The van der Waals surface area contributed by atoms with Crippen molar-refractivity contribution in [3.8, 4) is 0 Å². The number of aliphatic hydroxyl groups is 1. The van der Waals surface area contributed by atoms with Crippen molar-refractivity contribution in [2.45, 2.75) is 57.3 Å². The fourth-order valence-electron chi connectivity index (χ4n) is 6.88. The van der Waals surface area contributed by atoms with Crippen molar-refractivity contribution in [1.29, 1.82) is 0 Å². The number of nitrogens with zero attached hydrogens (tertiary/aromatic N) is 3. The largest absolute Gasteiger partial charge is 0.395 e. The van der Waals surface area contributed by atoms with E-state index in [1.165, 1.54) is 4.90 Å². The van der Waals surface area contributed by atoms with Crippen LogP contribution in [0.4, 0.5) is 5.69 Å². The lowest BCUT2D eigenvalue weighted by Crippen LogP contribution is -2.57. The molecule has 3 heterocycles. The maximum absolute atomic E-state index is 14.5. The molecule has 0 radical (unpaired) electrons. The molecule has 4 rings (SSSR count). The second-order valence-electron chi connectivity index (χ2n) is 10.7. The highest BCUT2D eigenvalue weighted by molar-refractivity contribution is 6.34. The normalized spacial score (nSPS) is 29.3. The van der Waals surface area contributed by atoms with E-state index in [-0.39, 0.29) is 37.4 Å². The van der Waals surface area contributed by atoms with Gasteiger partial charge in [-0.3, -0.25) is 14.4 Å². The number of hydrogen-bond donors (Lipinski definition) is 1. The third-order valence-corrected chi connectivity index (χ3v) is 8.61. The zero-order valence-corrected chi connectivity index (χ0v) is 23.2. The predicted molar refractivity (Wildman–Crippen MR) is 147 cm³/mol. The van der Waals surface area contributed by atoms with Crippen LogP contribution in [0.1, 0.15) is 38.7 Å². The highest BCUT2D eigenvalue weighted by Crippen LogP contribution is 2.63. The summed E-state index contributed by atoms with van der Waals surface area (Å²) in [6.45, 7) is 14.1. The van der Waals surface area contributed by atoms with Crippen molar-refractivity contribution in [3.63, 3.8) is 0 Å². The number of fused-ring (bicyclic) bond motifs is 1. The van der Waals surface area contributed by atoms with Gasteiger partial charge in [0.25, 0.3) is 5.91 Å². The Kier molecular flexibility index (Phi) is 8.07. The van der Waals surface area contributed by atoms with Gasteiger partial charge in [0.2, 0.25) is 11.8 Å². The summed E-state index contributed by atoms with van der Waals surface area (Å²) in [5, 5.41) is 10.3. The van der Waals surface area contributed by atoms with Crippen LogP contribution in [-0.4, -0.2) is 82.7 Å². The van der Waals surface area contributed by atoms with Crippen molar-refractivity contribution in [3.05, 3.63) is 54.1 Å². The SMILES string of the molecule is C=CCN(CCC)C(=O)[C@H]1[C@H]2C(=O)N(CCO)C(C(=O)N(CC=C)c3c(C)cccc3Cl)C23CC[C@]1(C)O3. The number of β-amino-alcohol motifs (C(OH)–C–C–N with tert-alkyl or cyclic N) is 1. The zero-order chi connectivity index (χ0) is 27.8. The molecule has 3 fully saturated rings. The van der Waals surface area contributed by atoms with Gasteiger partial charge in [-0.1, -0.05) is 42.8 Å². The maximum Gasteiger partial charge on any atom is 0.253 e. The Bertz CT molecular complexity index is 1120. The minimum Gasteiger partial charge on any atom is -0.395 e. The summed E-state index contributed by atoms with van der Waals surface area (Å²) in [5.41, 5.74) is -0.713. The minimum atomic E-state index is -1.18. The molecule has 1 spiro atoms. The molecule has 5 atom stereocenters. The first-order chi connectivity index (χ1) is 18.1. The van der Waals surface area contributed by atoms with E-state index in [1.54, 1.807) is 28.0 Å². The van der Waals surface area contributed by atoms with Gasteiger partial charge in [-0.05, 0) is 44.7 Å². The molecule has 3 aliphatic heterocycles. The van der Waals surface area contributed by atoms with Gasteiger partial charge in [0.1, 0.15) is 11.6 Å². The third kappa shape index (κ3) is 4.27. The maximum atomic E-state index is 14.5. The molecule has 0 saturated carbocycles. The molecule has 3 amide bonds. The van der Waals surface area contributed by atoms with Crippen LogP contribution in [0.25, 0.3) is 0 Å². The first-order valence-electron chi connectivity index (χ1n) is 13.3. The number of carbonyl (C=O) groups excluding carboxylic acids is 3. The zero-order valence-electron chi connectivity index (χ0n) is 22.5. The average Bonchev–Trinajstić information content (AvgIpc) is 3.43. The van der Waals surface area contributed by atoms with E-state index < -0.39 is 29.1 Å². The molecule has 38 heavy (non-hydrogen) atoms. The molecule has 1 aromatic carbocycles. The number of amides is 3. The number of halogens is 1. The van der Waals surface area contributed by atoms with Gasteiger partial charge in [0.15, 0.2) is 0 Å². The number of aryl methyl sites for hydroxylation is 1. The number of carbonyl (C=O) groups is 3. The fraction of sp³-hybridized carbons (Fsp3) is 0.552. The molecule has 1 N–H and O–H groups in total. The Balaban J connectivity index is 1.82. The summed E-state index contributed by atoms with van der Waals surface area (Å²) < 4.78 is 6.69. The highest BCUT2D eigenvalue weighted by atomic mass is 35.5. The first-order valence-corrected chi connectivity index (χ1v) is 13.7. The molecule has 3 saturated heterocycles. The van der Waals surface area contributed by atoms with Crippen LogP contribution in [0.15, 0.2) is 43.5 Å². The average molecular weight is 544 g/mol. The Morgan fingerprint density at radius 1 is 1.24 bits per heavy atom. The molecule has 9 heteroatoms. The summed E-state index contributed by atoms with van der Waals surface area (Å²) in [5.74, 6) is -2.40. The monoisotopic (exact) mass is 543 g/mol. The molecule has 206 valence electrons. The van der Waals surface area contributed by atoms with Gasteiger partial charge in [-0.2, -0.15) is 0 Å². The molecular weight excluding hydrogens is 506 g/mol. The second kappa shape index (κ2) is 10.8. The van der Waals surface area contributed by atoms with Gasteiger partial charge < -0.3 is 24.5 Å². The smallest absolute Gasteiger partial charge is 0.253 e. The van der Waals surface area contributed by atoms with Gasteiger partial charge in [-0.25, -0.2) is 0 Å². The van der Waals surface area contributed by atoms with Crippen molar-refractivity contribution >= 4 is 35.0 Å². The van der Waals surface area contributed by atoms with Crippen LogP contribution >= 0.6 is 11.6 Å². The lowest BCUT2D eigenvalue weighted by atomic mass is 9.66. The lowest BCUT2D eigenvalue weighted by molar-refractivity contribution is -0.149.